The number of aromatic hydroxyl groups is 1. The van der Waals surface area contributed by atoms with Crippen LogP contribution >= 0.6 is 0 Å². The average Bonchev–Trinajstić information content (AvgIpc) is 2.37. The lowest BCUT2D eigenvalue weighted by atomic mass is 10.3. The molecule has 0 heterocycles. The summed E-state index contributed by atoms with van der Waals surface area (Å²) in [5.74, 6) is 0.0952. The fraction of sp³-hybridized carbons (Fsp3) is 0.500. The molecule has 0 saturated carbocycles. The van der Waals surface area contributed by atoms with Gasteiger partial charge in [-0.15, -0.1) is 0 Å². The third-order valence-electron chi connectivity index (χ3n) is 2.71. The Kier molecular flexibility index (Phi) is 6.05. The largest absolute Gasteiger partial charge is 0.506 e. The van der Waals surface area contributed by atoms with Crippen molar-refractivity contribution in [2.75, 3.05) is 18.4 Å². The van der Waals surface area contributed by atoms with E-state index in [-0.39, 0.29) is 11.8 Å². The van der Waals surface area contributed by atoms with E-state index in [1.807, 2.05) is 6.92 Å². The van der Waals surface area contributed by atoms with E-state index in [0.29, 0.717) is 5.69 Å². The number of amides is 2. The summed E-state index contributed by atoms with van der Waals surface area (Å²) in [7, 11) is 0. The summed E-state index contributed by atoms with van der Waals surface area (Å²) in [5.41, 5.74) is 0.458. The average molecular weight is 250 g/mol. The van der Waals surface area contributed by atoms with Crippen molar-refractivity contribution >= 4 is 11.7 Å². The van der Waals surface area contributed by atoms with E-state index in [1.165, 1.54) is 0 Å². The number of hydrogen-bond acceptors (Lipinski definition) is 2. The lowest BCUT2D eigenvalue weighted by Crippen LogP contribution is -2.36. The van der Waals surface area contributed by atoms with Gasteiger partial charge in [0.15, 0.2) is 0 Å². The zero-order valence-corrected chi connectivity index (χ0v) is 11.1. The third kappa shape index (κ3) is 4.28. The molecule has 0 unspecified atom stereocenters. The molecule has 1 aromatic carbocycles. The van der Waals surface area contributed by atoms with Crippen LogP contribution in [0.25, 0.3) is 0 Å². The molecule has 0 saturated heterocycles. The molecule has 0 atom stereocenters. The molecule has 100 valence electrons. The molecule has 2 N–H and O–H groups in total. The molecule has 0 aliphatic heterocycles. The fourth-order valence-corrected chi connectivity index (χ4v) is 1.71. The van der Waals surface area contributed by atoms with Gasteiger partial charge in [0.05, 0.1) is 5.69 Å². The standard InChI is InChI=1S/C14H22N2O2/c1-3-5-11-16(10-4-2)14(18)15-12-8-6-7-9-13(12)17/h6-9,17H,3-5,10-11H2,1-2H3,(H,15,18). The summed E-state index contributed by atoms with van der Waals surface area (Å²) < 4.78 is 0. The number of hydrogen-bond donors (Lipinski definition) is 2. The number of nitrogens with one attached hydrogen (secondary N) is 1. The molecule has 4 heteroatoms. The van der Waals surface area contributed by atoms with Crippen molar-refractivity contribution in [3.05, 3.63) is 24.3 Å². The number of phenols is 1. The highest BCUT2D eigenvalue weighted by atomic mass is 16.3. The second kappa shape index (κ2) is 7.58. The Hall–Kier alpha value is -1.71. The lowest BCUT2D eigenvalue weighted by molar-refractivity contribution is 0.210. The number of nitrogens with zero attached hydrogens (tertiary/aromatic N) is 1. The second-order valence-corrected chi connectivity index (χ2v) is 4.29. The molecule has 18 heavy (non-hydrogen) atoms. The monoisotopic (exact) mass is 250 g/mol. The molecule has 0 aromatic heterocycles. The number of carbonyl (C=O) groups is 1. The number of anilines is 1. The second-order valence-electron chi connectivity index (χ2n) is 4.29. The first kappa shape index (κ1) is 14.4. The smallest absolute Gasteiger partial charge is 0.321 e. The Balaban J connectivity index is 2.63. The van der Waals surface area contributed by atoms with Crippen molar-refractivity contribution in [1.29, 1.82) is 0 Å². The fourth-order valence-electron chi connectivity index (χ4n) is 1.71. The van der Waals surface area contributed by atoms with Gasteiger partial charge in [0.1, 0.15) is 5.75 Å². The van der Waals surface area contributed by atoms with Crippen LogP contribution in [0.1, 0.15) is 33.1 Å². The van der Waals surface area contributed by atoms with E-state index < -0.39 is 0 Å². The van der Waals surface area contributed by atoms with E-state index in [0.717, 1.165) is 32.4 Å². The summed E-state index contributed by atoms with van der Waals surface area (Å²) >= 11 is 0. The van der Waals surface area contributed by atoms with Crippen LogP contribution in [0.15, 0.2) is 24.3 Å². The Bertz CT molecular complexity index is 380. The normalized spacial score (nSPS) is 10.1. The van der Waals surface area contributed by atoms with Gasteiger partial charge in [-0.1, -0.05) is 32.4 Å². The highest BCUT2D eigenvalue weighted by Gasteiger charge is 2.13. The van der Waals surface area contributed by atoms with Gasteiger partial charge < -0.3 is 15.3 Å². The number of urea groups is 1. The van der Waals surface area contributed by atoms with Crippen molar-refractivity contribution in [3.63, 3.8) is 0 Å². The number of rotatable bonds is 6. The van der Waals surface area contributed by atoms with E-state index >= 15 is 0 Å². The summed E-state index contributed by atoms with van der Waals surface area (Å²) in [6.07, 6.45) is 2.98. The first-order chi connectivity index (χ1) is 8.69. The van der Waals surface area contributed by atoms with E-state index in [2.05, 4.69) is 12.2 Å². The summed E-state index contributed by atoms with van der Waals surface area (Å²) in [4.78, 5) is 13.9. The highest BCUT2D eigenvalue weighted by Crippen LogP contribution is 2.21. The van der Waals surface area contributed by atoms with Crippen LogP contribution in [0, 0.1) is 0 Å². The maximum atomic E-state index is 12.1. The lowest BCUT2D eigenvalue weighted by Gasteiger charge is -2.22. The number of benzene rings is 1. The van der Waals surface area contributed by atoms with Crippen LogP contribution in [-0.2, 0) is 0 Å². The maximum Gasteiger partial charge on any atom is 0.321 e. The topological polar surface area (TPSA) is 52.6 Å². The van der Waals surface area contributed by atoms with Crippen molar-refractivity contribution in [3.8, 4) is 5.75 Å². The van der Waals surface area contributed by atoms with Gasteiger partial charge in [0.25, 0.3) is 0 Å². The minimum atomic E-state index is -0.146. The van der Waals surface area contributed by atoms with Crippen LogP contribution in [0.5, 0.6) is 5.75 Å². The van der Waals surface area contributed by atoms with E-state index in [4.69, 9.17) is 0 Å². The van der Waals surface area contributed by atoms with Crippen molar-refractivity contribution < 1.29 is 9.90 Å². The molecule has 0 bridgehead atoms. The van der Waals surface area contributed by atoms with Crippen LogP contribution in [0.2, 0.25) is 0 Å². The summed E-state index contributed by atoms with van der Waals surface area (Å²) in [5, 5.41) is 12.4. The Morgan fingerprint density at radius 3 is 2.56 bits per heavy atom. The first-order valence-electron chi connectivity index (χ1n) is 6.53. The molecular weight excluding hydrogens is 228 g/mol. The zero-order valence-electron chi connectivity index (χ0n) is 11.1. The molecule has 0 aliphatic carbocycles. The van der Waals surface area contributed by atoms with Crippen LogP contribution in [0.3, 0.4) is 0 Å². The van der Waals surface area contributed by atoms with Crippen LogP contribution in [-0.4, -0.2) is 29.1 Å². The molecule has 0 aliphatic rings. The molecule has 0 radical (unpaired) electrons. The molecule has 0 fully saturated rings. The zero-order chi connectivity index (χ0) is 13.4. The molecule has 2 amide bonds. The number of para-hydroxylation sites is 2. The molecule has 4 nitrogen and oxygen atoms in total. The predicted octanol–water partition coefficient (Wildman–Crippen LogP) is 3.44. The number of phenolic OH excluding ortho intramolecular Hbond substituents is 1. The highest BCUT2D eigenvalue weighted by molar-refractivity contribution is 5.90. The van der Waals surface area contributed by atoms with Crippen molar-refractivity contribution in [1.82, 2.24) is 4.90 Å². The Morgan fingerprint density at radius 2 is 1.94 bits per heavy atom. The van der Waals surface area contributed by atoms with Gasteiger partial charge in [-0.2, -0.15) is 0 Å². The quantitative estimate of drug-likeness (QED) is 0.760. The minimum absolute atomic E-state index is 0.0952. The predicted molar refractivity (Wildman–Crippen MR) is 73.9 cm³/mol. The molecule has 1 aromatic rings. The van der Waals surface area contributed by atoms with Gasteiger partial charge in [0, 0.05) is 13.1 Å². The molecule has 0 spiro atoms. The van der Waals surface area contributed by atoms with Gasteiger partial charge >= 0.3 is 6.03 Å². The van der Waals surface area contributed by atoms with Crippen molar-refractivity contribution in [2.24, 2.45) is 0 Å². The van der Waals surface area contributed by atoms with E-state index in [1.54, 1.807) is 29.2 Å². The SMILES string of the molecule is CCCCN(CCC)C(=O)Nc1ccccc1O. The number of unbranched alkanes of at least 4 members (excludes halogenated alkanes) is 1. The van der Waals surface area contributed by atoms with Crippen LogP contribution in [0.4, 0.5) is 10.5 Å². The third-order valence-corrected chi connectivity index (χ3v) is 2.71. The Labute approximate surface area is 109 Å². The number of carbonyl (C=O) groups excluding carboxylic acids is 1. The molecular formula is C14H22N2O2. The van der Waals surface area contributed by atoms with Gasteiger partial charge in [-0.05, 0) is 25.0 Å². The van der Waals surface area contributed by atoms with Crippen LogP contribution < -0.4 is 5.32 Å². The summed E-state index contributed by atoms with van der Waals surface area (Å²) in [6, 6.07) is 6.62. The minimum Gasteiger partial charge on any atom is -0.506 e. The maximum absolute atomic E-state index is 12.1. The van der Waals surface area contributed by atoms with E-state index in [9.17, 15) is 9.90 Å². The van der Waals surface area contributed by atoms with Gasteiger partial charge in [0.2, 0.25) is 0 Å². The van der Waals surface area contributed by atoms with Crippen molar-refractivity contribution in [2.45, 2.75) is 33.1 Å². The van der Waals surface area contributed by atoms with Gasteiger partial charge in [-0.25, -0.2) is 4.79 Å². The van der Waals surface area contributed by atoms with Gasteiger partial charge in [-0.3, -0.25) is 0 Å². The Morgan fingerprint density at radius 1 is 1.22 bits per heavy atom. The summed E-state index contributed by atoms with van der Waals surface area (Å²) in [6.45, 7) is 5.64. The molecule has 1 rings (SSSR count). The first-order valence-corrected chi connectivity index (χ1v) is 6.53.